The van der Waals surface area contributed by atoms with Gasteiger partial charge in [0.25, 0.3) is 0 Å². The van der Waals surface area contributed by atoms with Crippen LogP contribution in [0.5, 0.6) is 0 Å². The molecular formula is C7H11NOS. The molecule has 0 saturated carbocycles. The monoisotopic (exact) mass is 157 g/mol. The van der Waals surface area contributed by atoms with Gasteiger partial charge in [-0.3, -0.25) is 4.98 Å². The summed E-state index contributed by atoms with van der Waals surface area (Å²) < 4.78 is 0. The molecule has 0 aliphatic rings. The van der Waals surface area contributed by atoms with Gasteiger partial charge in [0.2, 0.25) is 0 Å². The average Bonchev–Trinajstić information content (AvgIpc) is 2.34. The van der Waals surface area contributed by atoms with E-state index in [4.69, 9.17) is 5.11 Å². The van der Waals surface area contributed by atoms with E-state index < -0.39 is 0 Å². The molecule has 0 radical (unpaired) electrons. The number of thiazole rings is 1. The van der Waals surface area contributed by atoms with Gasteiger partial charge in [-0.05, 0) is 19.8 Å². The maximum Gasteiger partial charge on any atom is 0.0794 e. The fourth-order valence-electron chi connectivity index (χ4n) is 0.717. The third-order valence-corrected chi connectivity index (χ3v) is 2.13. The molecule has 3 heteroatoms. The highest BCUT2D eigenvalue weighted by Gasteiger charge is 1.97. The predicted molar refractivity (Wildman–Crippen MR) is 42.1 cm³/mol. The maximum absolute atomic E-state index is 8.94. The first-order chi connectivity index (χ1) is 4.79. The van der Waals surface area contributed by atoms with E-state index in [9.17, 15) is 0 Å². The van der Waals surface area contributed by atoms with Crippen molar-refractivity contribution in [1.29, 1.82) is 0 Å². The van der Waals surface area contributed by atoms with Crippen LogP contribution in [0.2, 0.25) is 0 Å². The van der Waals surface area contributed by atoms with Crippen LogP contribution in [0.15, 0.2) is 11.7 Å². The van der Waals surface area contributed by atoms with E-state index in [0.717, 1.165) is 12.8 Å². The summed E-state index contributed by atoms with van der Waals surface area (Å²) in [5, 5.41) is 8.94. The van der Waals surface area contributed by atoms with Crippen molar-refractivity contribution < 1.29 is 5.11 Å². The minimum atomic E-state index is -0.193. The Balaban J connectivity index is 2.28. The smallest absolute Gasteiger partial charge is 0.0794 e. The molecular weight excluding hydrogens is 146 g/mol. The lowest BCUT2D eigenvalue weighted by molar-refractivity contribution is 0.185. The Hall–Kier alpha value is -0.410. The molecule has 1 N–H and O–H groups in total. The number of hydrogen-bond acceptors (Lipinski definition) is 3. The fraction of sp³-hybridized carbons (Fsp3) is 0.571. The molecule has 1 heterocycles. The van der Waals surface area contributed by atoms with Crippen LogP contribution in [0.25, 0.3) is 0 Å². The third kappa shape index (κ3) is 2.45. The lowest BCUT2D eigenvalue weighted by Crippen LogP contribution is -1.99. The van der Waals surface area contributed by atoms with Gasteiger partial charge in [0, 0.05) is 11.1 Å². The van der Waals surface area contributed by atoms with E-state index in [1.807, 2.05) is 11.7 Å². The van der Waals surface area contributed by atoms with Gasteiger partial charge in [-0.25, -0.2) is 0 Å². The second-order valence-corrected chi connectivity index (χ2v) is 3.33. The Labute approximate surface area is 64.5 Å². The van der Waals surface area contributed by atoms with Crippen molar-refractivity contribution in [3.8, 4) is 0 Å². The first kappa shape index (κ1) is 7.69. The van der Waals surface area contributed by atoms with Crippen LogP contribution < -0.4 is 0 Å². The molecule has 10 heavy (non-hydrogen) atoms. The number of aliphatic hydroxyl groups is 1. The highest BCUT2D eigenvalue weighted by atomic mass is 32.1. The number of rotatable bonds is 3. The van der Waals surface area contributed by atoms with Gasteiger partial charge in [-0.15, -0.1) is 11.3 Å². The fourth-order valence-corrected chi connectivity index (χ4v) is 1.33. The van der Waals surface area contributed by atoms with Crippen LogP contribution in [0.1, 0.15) is 18.2 Å². The number of aliphatic hydroxyl groups excluding tert-OH is 1. The Bertz CT molecular complexity index is 172. The minimum Gasteiger partial charge on any atom is -0.393 e. The van der Waals surface area contributed by atoms with Crippen LogP contribution >= 0.6 is 11.3 Å². The van der Waals surface area contributed by atoms with Crippen LogP contribution in [0.3, 0.4) is 0 Å². The normalized spacial score (nSPS) is 13.4. The molecule has 0 fully saturated rings. The molecule has 0 spiro atoms. The summed E-state index contributed by atoms with van der Waals surface area (Å²) >= 11 is 1.64. The average molecular weight is 157 g/mol. The van der Waals surface area contributed by atoms with Crippen LogP contribution in [0, 0.1) is 0 Å². The van der Waals surface area contributed by atoms with E-state index in [1.165, 1.54) is 4.88 Å². The summed E-state index contributed by atoms with van der Waals surface area (Å²) in [4.78, 5) is 5.19. The van der Waals surface area contributed by atoms with E-state index in [2.05, 4.69) is 4.98 Å². The molecule has 2 nitrogen and oxygen atoms in total. The predicted octanol–water partition coefficient (Wildman–Crippen LogP) is 1.46. The maximum atomic E-state index is 8.94. The molecule has 0 unspecified atom stereocenters. The first-order valence-electron chi connectivity index (χ1n) is 3.34. The molecule has 0 bridgehead atoms. The van der Waals surface area contributed by atoms with Crippen molar-refractivity contribution in [3.05, 3.63) is 16.6 Å². The Morgan fingerprint density at radius 1 is 1.80 bits per heavy atom. The molecule has 56 valence electrons. The van der Waals surface area contributed by atoms with Gasteiger partial charge in [-0.2, -0.15) is 0 Å². The summed E-state index contributed by atoms with van der Waals surface area (Å²) in [7, 11) is 0. The summed E-state index contributed by atoms with van der Waals surface area (Å²) in [6.07, 6.45) is 3.44. The summed E-state index contributed by atoms with van der Waals surface area (Å²) in [5.74, 6) is 0. The number of hydrogen-bond donors (Lipinski definition) is 1. The molecule has 0 aromatic carbocycles. The van der Waals surface area contributed by atoms with Gasteiger partial charge in [0.15, 0.2) is 0 Å². The number of aromatic nitrogens is 1. The quantitative estimate of drug-likeness (QED) is 0.720. The Morgan fingerprint density at radius 2 is 2.60 bits per heavy atom. The minimum absolute atomic E-state index is 0.193. The van der Waals surface area contributed by atoms with Gasteiger partial charge < -0.3 is 5.11 Å². The SMILES string of the molecule is C[C@H](O)CCc1cncs1. The highest BCUT2D eigenvalue weighted by Crippen LogP contribution is 2.09. The highest BCUT2D eigenvalue weighted by molar-refractivity contribution is 7.09. The molecule has 0 aliphatic heterocycles. The molecule has 0 aliphatic carbocycles. The van der Waals surface area contributed by atoms with Gasteiger partial charge in [-0.1, -0.05) is 0 Å². The molecule has 1 atom stereocenters. The van der Waals surface area contributed by atoms with Crippen LogP contribution in [-0.4, -0.2) is 16.2 Å². The van der Waals surface area contributed by atoms with Crippen LogP contribution in [-0.2, 0) is 6.42 Å². The molecule has 1 aromatic heterocycles. The van der Waals surface area contributed by atoms with Crippen molar-refractivity contribution in [2.45, 2.75) is 25.9 Å². The zero-order valence-corrected chi connectivity index (χ0v) is 6.77. The summed E-state index contributed by atoms with van der Waals surface area (Å²) in [5.41, 5.74) is 1.82. The topological polar surface area (TPSA) is 33.1 Å². The van der Waals surface area contributed by atoms with E-state index >= 15 is 0 Å². The van der Waals surface area contributed by atoms with E-state index in [0.29, 0.717) is 0 Å². The van der Waals surface area contributed by atoms with Gasteiger partial charge in [0.05, 0.1) is 11.6 Å². The molecule has 1 rings (SSSR count). The van der Waals surface area contributed by atoms with Crippen molar-refractivity contribution >= 4 is 11.3 Å². The van der Waals surface area contributed by atoms with Crippen molar-refractivity contribution in [2.75, 3.05) is 0 Å². The van der Waals surface area contributed by atoms with Crippen molar-refractivity contribution in [1.82, 2.24) is 4.98 Å². The van der Waals surface area contributed by atoms with Gasteiger partial charge in [0.1, 0.15) is 0 Å². The van der Waals surface area contributed by atoms with Crippen LogP contribution in [0.4, 0.5) is 0 Å². The summed E-state index contributed by atoms with van der Waals surface area (Å²) in [6, 6.07) is 0. The first-order valence-corrected chi connectivity index (χ1v) is 4.22. The second kappa shape index (κ2) is 3.68. The number of aryl methyl sites for hydroxylation is 1. The van der Waals surface area contributed by atoms with E-state index in [-0.39, 0.29) is 6.10 Å². The Kier molecular flexibility index (Phi) is 2.83. The summed E-state index contributed by atoms with van der Waals surface area (Å²) in [6.45, 7) is 1.81. The number of nitrogens with zero attached hydrogens (tertiary/aromatic N) is 1. The van der Waals surface area contributed by atoms with Gasteiger partial charge >= 0.3 is 0 Å². The van der Waals surface area contributed by atoms with Crippen molar-refractivity contribution in [3.63, 3.8) is 0 Å². The van der Waals surface area contributed by atoms with Crippen molar-refractivity contribution in [2.24, 2.45) is 0 Å². The lowest BCUT2D eigenvalue weighted by Gasteiger charge is -1.99. The molecule has 0 saturated heterocycles. The second-order valence-electron chi connectivity index (χ2n) is 2.36. The Morgan fingerprint density at radius 3 is 3.10 bits per heavy atom. The molecule has 0 amide bonds. The third-order valence-electron chi connectivity index (χ3n) is 1.29. The molecule has 1 aromatic rings. The zero-order valence-electron chi connectivity index (χ0n) is 5.95. The largest absolute Gasteiger partial charge is 0.393 e. The van der Waals surface area contributed by atoms with E-state index in [1.54, 1.807) is 18.3 Å². The lowest BCUT2D eigenvalue weighted by atomic mass is 10.2. The zero-order chi connectivity index (χ0) is 7.40. The standard InChI is InChI=1S/C7H11NOS/c1-6(9)2-3-7-4-8-5-10-7/h4-6,9H,2-3H2,1H3/t6-/m0/s1.